The summed E-state index contributed by atoms with van der Waals surface area (Å²) in [5, 5.41) is 16.1. The molecule has 0 bridgehead atoms. The average Bonchev–Trinajstić information content (AvgIpc) is 3.02. The van der Waals surface area contributed by atoms with E-state index in [0.717, 1.165) is 49.2 Å². The van der Waals surface area contributed by atoms with E-state index >= 15 is 0 Å². The first-order valence-electron chi connectivity index (χ1n) is 14.6. The Morgan fingerprint density at radius 2 is 1.37 bits per heavy atom. The maximum atomic E-state index is 13.2. The number of phenolic OH excluding ortho intramolecular Hbond substituents is 1. The van der Waals surface area contributed by atoms with E-state index in [0.29, 0.717) is 35.9 Å². The molecule has 0 aliphatic carbocycles. The fourth-order valence-electron chi connectivity index (χ4n) is 5.55. The Labute approximate surface area is 254 Å². The largest absolute Gasteiger partial charge is 0.504 e. The van der Waals surface area contributed by atoms with Gasteiger partial charge in [0.05, 0.1) is 21.3 Å². The Hall–Kier alpha value is -4.24. The molecule has 1 aliphatic heterocycles. The maximum absolute atomic E-state index is 13.2. The molecule has 0 unspecified atom stereocenters. The van der Waals surface area contributed by atoms with Gasteiger partial charge >= 0.3 is 0 Å². The van der Waals surface area contributed by atoms with Crippen LogP contribution in [0.15, 0.2) is 60.7 Å². The monoisotopic (exact) mass is 589 g/mol. The number of benzene rings is 3. The van der Waals surface area contributed by atoms with Gasteiger partial charge in [0.2, 0.25) is 5.91 Å². The number of carbonyl (C=O) groups is 2. The number of hydrogen-bond acceptors (Lipinski definition) is 7. The lowest BCUT2D eigenvalue weighted by Gasteiger charge is -2.39. The second kappa shape index (κ2) is 14.3. The number of aromatic hydroxyl groups is 1. The molecule has 1 heterocycles. The zero-order valence-electron chi connectivity index (χ0n) is 25.7. The van der Waals surface area contributed by atoms with Crippen molar-refractivity contribution in [2.75, 3.05) is 34.4 Å². The van der Waals surface area contributed by atoms with Gasteiger partial charge in [-0.3, -0.25) is 14.5 Å². The number of hydrogen-bond donors (Lipinski definition) is 3. The summed E-state index contributed by atoms with van der Waals surface area (Å²) in [5.74, 6) is 1.99. The summed E-state index contributed by atoms with van der Waals surface area (Å²) >= 11 is 0. The van der Waals surface area contributed by atoms with E-state index in [1.807, 2.05) is 50.2 Å². The van der Waals surface area contributed by atoms with E-state index in [1.165, 1.54) is 0 Å². The lowest BCUT2D eigenvalue weighted by Crippen LogP contribution is -2.46. The van der Waals surface area contributed by atoms with Crippen molar-refractivity contribution in [3.8, 4) is 23.0 Å². The number of nitrogens with zero attached hydrogens (tertiary/aromatic N) is 1. The maximum Gasteiger partial charge on any atom is 0.251 e. The molecule has 0 spiro atoms. The van der Waals surface area contributed by atoms with Crippen LogP contribution >= 0.6 is 0 Å². The van der Waals surface area contributed by atoms with Crippen molar-refractivity contribution in [2.45, 2.75) is 46.3 Å². The van der Waals surface area contributed by atoms with E-state index in [4.69, 9.17) is 14.2 Å². The van der Waals surface area contributed by atoms with Crippen molar-refractivity contribution in [3.63, 3.8) is 0 Å². The van der Waals surface area contributed by atoms with Gasteiger partial charge in [0, 0.05) is 30.6 Å². The molecule has 0 aromatic heterocycles. The molecule has 3 N–H and O–H groups in total. The molecule has 1 saturated heterocycles. The number of nitrogens with one attached hydrogen (secondary N) is 2. The van der Waals surface area contributed by atoms with Crippen molar-refractivity contribution in [1.29, 1.82) is 0 Å². The lowest BCUT2D eigenvalue weighted by atomic mass is 9.73. The van der Waals surface area contributed by atoms with Crippen LogP contribution in [0.4, 0.5) is 0 Å². The van der Waals surface area contributed by atoms with Crippen molar-refractivity contribution in [3.05, 3.63) is 82.9 Å². The number of carbonyl (C=O) groups excluding carboxylic acids is 2. The van der Waals surface area contributed by atoms with Crippen LogP contribution in [0.5, 0.6) is 23.0 Å². The molecule has 0 radical (unpaired) electrons. The molecular formula is C34H43N3O6. The molecule has 9 heteroatoms. The van der Waals surface area contributed by atoms with Gasteiger partial charge < -0.3 is 30.0 Å². The third kappa shape index (κ3) is 7.99. The van der Waals surface area contributed by atoms with Gasteiger partial charge in [-0.1, -0.05) is 38.1 Å². The molecule has 9 nitrogen and oxygen atoms in total. The first-order chi connectivity index (χ1) is 20.6. The van der Waals surface area contributed by atoms with Crippen molar-refractivity contribution in [1.82, 2.24) is 15.5 Å². The molecule has 2 amide bonds. The third-order valence-corrected chi connectivity index (χ3v) is 8.41. The first-order valence-corrected chi connectivity index (χ1v) is 14.6. The number of piperidine rings is 1. The summed E-state index contributed by atoms with van der Waals surface area (Å²) in [6.07, 6.45) is 1.85. The second-order valence-corrected chi connectivity index (χ2v) is 11.5. The molecule has 4 rings (SSSR count). The van der Waals surface area contributed by atoms with Gasteiger partial charge in [-0.05, 0) is 84.9 Å². The molecule has 3 aromatic rings. The first kappa shape index (κ1) is 31.7. The Bertz CT molecular complexity index is 1400. The standard InChI is InChI=1S/C34H43N3O6/c1-34(2,27-14-16-37(17-15-27)22-25-9-12-29(41-3)28(38)18-25)33(40)36-20-23-6-10-26(11-7-23)32(39)35-21-24-8-13-30(42-4)31(19-24)43-5/h6-13,18-19,27,38H,14-17,20-22H2,1-5H3,(H,35,39)(H,36,40). The highest BCUT2D eigenvalue weighted by atomic mass is 16.5. The number of likely N-dealkylation sites (tertiary alicyclic amines) is 1. The Morgan fingerprint density at radius 1 is 0.791 bits per heavy atom. The molecule has 1 fully saturated rings. The molecular weight excluding hydrogens is 546 g/mol. The molecule has 1 aliphatic rings. The SMILES string of the molecule is COc1ccc(CN2CCC(C(C)(C)C(=O)NCc3ccc(C(=O)NCc4ccc(OC)c(OC)c4)cc3)CC2)cc1O. The number of rotatable bonds is 12. The normalized spacial score (nSPS) is 14.2. The highest BCUT2D eigenvalue weighted by Gasteiger charge is 2.38. The quantitative estimate of drug-likeness (QED) is 0.276. The number of ether oxygens (including phenoxy) is 3. The molecule has 3 aromatic carbocycles. The smallest absolute Gasteiger partial charge is 0.251 e. The second-order valence-electron chi connectivity index (χ2n) is 11.5. The lowest BCUT2D eigenvalue weighted by molar-refractivity contribution is -0.133. The molecule has 0 atom stereocenters. The number of phenols is 1. The highest BCUT2D eigenvalue weighted by molar-refractivity contribution is 5.94. The number of amides is 2. The van der Waals surface area contributed by atoms with E-state index in [9.17, 15) is 14.7 Å². The van der Waals surface area contributed by atoms with E-state index in [2.05, 4.69) is 15.5 Å². The molecule has 230 valence electrons. The summed E-state index contributed by atoms with van der Waals surface area (Å²) in [6.45, 7) is 7.34. The van der Waals surface area contributed by atoms with E-state index < -0.39 is 5.41 Å². The van der Waals surface area contributed by atoms with Crippen LogP contribution in [-0.2, 0) is 24.4 Å². The van der Waals surface area contributed by atoms with Crippen LogP contribution in [0.25, 0.3) is 0 Å². The van der Waals surface area contributed by atoms with E-state index in [-0.39, 0.29) is 23.5 Å². The fraction of sp³-hybridized carbons (Fsp3) is 0.412. The number of methoxy groups -OCH3 is 3. The Morgan fingerprint density at radius 3 is 2.00 bits per heavy atom. The molecule has 43 heavy (non-hydrogen) atoms. The van der Waals surface area contributed by atoms with Crippen LogP contribution in [0, 0.1) is 11.3 Å². The highest BCUT2D eigenvalue weighted by Crippen LogP contribution is 2.36. The Kier molecular flexibility index (Phi) is 10.5. The third-order valence-electron chi connectivity index (χ3n) is 8.41. The summed E-state index contributed by atoms with van der Waals surface area (Å²) in [7, 11) is 4.70. The van der Waals surface area contributed by atoms with Crippen LogP contribution < -0.4 is 24.8 Å². The van der Waals surface area contributed by atoms with Gasteiger partial charge in [-0.2, -0.15) is 0 Å². The summed E-state index contributed by atoms with van der Waals surface area (Å²) in [6, 6.07) is 18.3. The minimum atomic E-state index is -0.506. The predicted octanol–water partition coefficient (Wildman–Crippen LogP) is 4.90. The van der Waals surface area contributed by atoms with Gasteiger partial charge in [0.1, 0.15) is 0 Å². The van der Waals surface area contributed by atoms with Crippen LogP contribution in [0.3, 0.4) is 0 Å². The topological polar surface area (TPSA) is 109 Å². The predicted molar refractivity (Wildman–Crippen MR) is 165 cm³/mol. The van der Waals surface area contributed by atoms with Gasteiger partial charge in [0.25, 0.3) is 5.91 Å². The van der Waals surface area contributed by atoms with Gasteiger partial charge in [-0.15, -0.1) is 0 Å². The fourth-order valence-corrected chi connectivity index (χ4v) is 5.55. The Balaban J connectivity index is 1.23. The van der Waals surface area contributed by atoms with Crippen LogP contribution in [-0.4, -0.2) is 56.2 Å². The van der Waals surface area contributed by atoms with Crippen LogP contribution in [0.2, 0.25) is 0 Å². The van der Waals surface area contributed by atoms with Crippen molar-refractivity contribution < 1.29 is 28.9 Å². The van der Waals surface area contributed by atoms with Crippen molar-refractivity contribution in [2.24, 2.45) is 11.3 Å². The zero-order chi connectivity index (χ0) is 31.0. The summed E-state index contributed by atoms with van der Waals surface area (Å²) < 4.78 is 15.7. The van der Waals surface area contributed by atoms with Crippen molar-refractivity contribution >= 4 is 11.8 Å². The molecule has 0 saturated carbocycles. The minimum Gasteiger partial charge on any atom is -0.504 e. The van der Waals surface area contributed by atoms with Gasteiger partial charge in [0.15, 0.2) is 23.0 Å². The minimum absolute atomic E-state index is 0.0303. The summed E-state index contributed by atoms with van der Waals surface area (Å²) in [4.78, 5) is 28.3. The van der Waals surface area contributed by atoms with Crippen LogP contribution in [0.1, 0.15) is 53.7 Å². The zero-order valence-corrected chi connectivity index (χ0v) is 25.7. The average molecular weight is 590 g/mol. The summed E-state index contributed by atoms with van der Waals surface area (Å²) in [5.41, 5.74) is 2.91. The van der Waals surface area contributed by atoms with Gasteiger partial charge in [-0.25, -0.2) is 0 Å². The van der Waals surface area contributed by atoms with E-state index in [1.54, 1.807) is 45.6 Å².